The van der Waals surface area contributed by atoms with Crippen molar-refractivity contribution >= 4 is 23.5 Å². The van der Waals surface area contributed by atoms with Crippen LogP contribution in [0, 0.1) is 12.3 Å². The number of methoxy groups -OCH3 is 1. The number of hydrogen-bond acceptors (Lipinski definition) is 9. The molecule has 29 heavy (non-hydrogen) atoms. The summed E-state index contributed by atoms with van der Waals surface area (Å²) in [7, 11) is 1.52. The molecule has 0 amide bonds. The molecule has 0 spiro atoms. The molecule has 1 aromatic carbocycles. The van der Waals surface area contributed by atoms with E-state index in [1.54, 1.807) is 0 Å². The van der Waals surface area contributed by atoms with Gasteiger partial charge in [-0.2, -0.15) is 9.97 Å². The van der Waals surface area contributed by atoms with Gasteiger partial charge in [-0.3, -0.25) is 0 Å². The van der Waals surface area contributed by atoms with Crippen LogP contribution in [0.2, 0.25) is 0 Å². The Morgan fingerprint density at radius 2 is 2.17 bits per heavy atom. The van der Waals surface area contributed by atoms with Crippen molar-refractivity contribution in [3.8, 4) is 6.01 Å². The van der Waals surface area contributed by atoms with Crippen LogP contribution < -0.4 is 20.3 Å². The summed E-state index contributed by atoms with van der Waals surface area (Å²) in [5.74, 6) is 1.25. The van der Waals surface area contributed by atoms with E-state index in [1.165, 1.54) is 13.3 Å². The van der Waals surface area contributed by atoms with Crippen LogP contribution in [0.1, 0.15) is 22.8 Å². The molecule has 154 valence electrons. The van der Waals surface area contributed by atoms with Crippen LogP contribution in [0.5, 0.6) is 6.01 Å². The second-order valence-electron chi connectivity index (χ2n) is 7.29. The lowest BCUT2D eigenvalue weighted by atomic mass is 9.98. The summed E-state index contributed by atoms with van der Waals surface area (Å²) in [6.45, 7) is 5.39. The molecular weight excluding hydrogens is 372 g/mol. The van der Waals surface area contributed by atoms with Crippen LogP contribution in [0.3, 0.4) is 0 Å². The lowest BCUT2D eigenvalue weighted by Gasteiger charge is -2.36. The van der Waals surface area contributed by atoms with Gasteiger partial charge in [-0.15, -0.1) is 0 Å². The van der Waals surface area contributed by atoms with Crippen molar-refractivity contribution < 1.29 is 14.6 Å². The third kappa shape index (κ3) is 4.16. The SMILES string of the molecule is COc1nc(Nc2cc(C3CNCCO3)c(C)cc2C=N)cc(N2CC(O)C2)n1. The van der Waals surface area contributed by atoms with Crippen molar-refractivity contribution in [2.75, 3.05) is 50.1 Å². The molecule has 1 unspecified atom stereocenters. The number of morpholine rings is 1. The van der Waals surface area contributed by atoms with E-state index in [0.717, 1.165) is 35.5 Å². The number of aliphatic hydroxyl groups is 1. The minimum Gasteiger partial charge on any atom is -0.467 e. The van der Waals surface area contributed by atoms with Gasteiger partial charge in [0.05, 0.1) is 25.9 Å². The number of rotatable bonds is 6. The van der Waals surface area contributed by atoms with Crippen molar-refractivity contribution in [1.29, 1.82) is 5.41 Å². The van der Waals surface area contributed by atoms with Crippen LogP contribution in [0.25, 0.3) is 0 Å². The van der Waals surface area contributed by atoms with Gasteiger partial charge in [0.2, 0.25) is 0 Å². The number of ether oxygens (including phenoxy) is 2. The second-order valence-corrected chi connectivity index (χ2v) is 7.29. The van der Waals surface area contributed by atoms with Crippen molar-refractivity contribution in [1.82, 2.24) is 15.3 Å². The molecule has 2 aromatic rings. The van der Waals surface area contributed by atoms with Crippen molar-refractivity contribution in [3.63, 3.8) is 0 Å². The second kappa shape index (κ2) is 8.32. The standard InChI is InChI=1S/C20H26N6O3/c1-12-5-13(8-21)16(6-15(12)17-9-22-3-4-29-17)23-18-7-19(25-20(24-18)28-2)26-10-14(27)11-26/h5-8,14,17,21-22,27H,3-4,9-11H2,1-2H3,(H,23,24,25). The topological polar surface area (TPSA) is 116 Å². The smallest absolute Gasteiger partial charge is 0.320 e. The molecule has 1 atom stereocenters. The zero-order chi connectivity index (χ0) is 20.4. The monoisotopic (exact) mass is 398 g/mol. The average Bonchev–Trinajstić information content (AvgIpc) is 2.72. The van der Waals surface area contributed by atoms with Gasteiger partial charge in [-0.1, -0.05) is 0 Å². The molecule has 4 N–H and O–H groups in total. The number of benzene rings is 1. The fourth-order valence-electron chi connectivity index (χ4n) is 3.60. The summed E-state index contributed by atoms with van der Waals surface area (Å²) in [6.07, 6.45) is 0.965. The Bertz CT molecular complexity index is 894. The number of hydrogen-bond donors (Lipinski definition) is 4. The van der Waals surface area contributed by atoms with Gasteiger partial charge in [0.15, 0.2) is 0 Å². The van der Waals surface area contributed by atoms with Gasteiger partial charge in [-0.05, 0) is 30.2 Å². The summed E-state index contributed by atoms with van der Waals surface area (Å²) in [6, 6.07) is 6.07. The molecular formula is C20H26N6O3. The van der Waals surface area contributed by atoms with Gasteiger partial charge >= 0.3 is 6.01 Å². The Kier molecular flexibility index (Phi) is 5.61. The Labute approximate surface area is 169 Å². The van der Waals surface area contributed by atoms with E-state index in [4.69, 9.17) is 14.9 Å². The van der Waals surface area contributed by atoms with Crippen molar-refractivity contribution in [3.05, 3.63) is 34.9 Å². The van der Waals surface area contributed by atoms with Crippen molar-refractivity contribution in [2.24, 2.45) is 0 Å². The molecule has 3 heterocycles. The number of nitrogens with zero attached hydrogens (tertiary/aromatic N) is 3. The zero-order valence-electron chi connectivity index (χ0n) is 16.6. The average molecular weight is 398 g/mol. The van der Waals surface area contributed by atoms with E-state index >= 15 is 0 Å². The molecule has 9 nitrogen and oxygen atoms in total. The normalized spacial score (nSPS) is 19.6. The quantitative estimate of drug-likeness (QED) is 0.540. The van der Waals surface area contributed by atoms with Gasteiger partial charge in [0.25, 0.3) is 0 Å². The Balaban J connectivity index is 1.65. The lowest BCUT2D eigenvalue weighted by molar-refractivity contribution is 0.0273. The molecule has 2 aliphatic heterocycles. The highest BCUT2D eigenvalue weighted by molar-refractivity contribution is 5.88. The molecule has 1 aromatic heterocycles. The highest BCUT2D eigenvalue weighted by atomic mass is 16.5. The molecule has 2 saturated heterocycles. The van der Waals surface area contributed by atoms with Crippen LogP contribution in [0.4, 0.5) is 17.3 Å². The van der Waals surface area contributed by atoms with Crippen LogP contribution >= 0.6 is 0 Å². The summed E-state index contributed by atoms with van der Waals surface area (Å²) >= 11 is 0. The summed E-state index contributed by atoms with van der Waals surface area (Å²) < 4.78 is 11.2. The highest BCUT2D eigenvalue weighted by Gasteiger charge is 2.27. The molecule has 0 aliphatic carbocycles. The van der Waals surface area contributed by atoms with Crippen LogP contribution in [-0.4, -0.2) is 67.3 Å². The Hall–Kier alpha value is -2.75. The van der Waals surface area contributed by atoms with Crippen LogP contribution in [-0.2, 0) is 4.74 Å². The number of β-amino-alcohol motifs (C(OH)–C–C–N with tert-alkyl or cyclic N) is 1. The largest absolute Gasteiger partial charge is 0.467 e. The predicted octanol–water partition coefficient (Wildman–Crippen LogP) is 1.38. The Morgan fingerprint density at radius 3 is 2.83 bits per heavy atom. The number of nitrogens with one attached hydrogen (secondary N) is 3. The van der Waals surface area contributed by atoms with Gasteiger partial charge in [0.1, 0.15) is 11.6 Å². The third-order valence-electron chi connectivity index (χ3n) is 5.19. The molecule has 9 heteroatoms. The van der Waals surface area contributed by atoms with E-state index in [2.05, 4.69) is 20.6 Å². The fourth-order valence-corrected chi connectivity index (χ4v) is 3.60. The van der Waals surface area contributed by atoms with Crippen LogP contribution in [0.15, 0.2) is 18.2 Å². The number of aromatic nitrogens is 2. The summed E-state index contributed by atoms with van der Waals surface area (Å²) in [5.41, 5.74) is 3.69. The third-order valence-corrected chi connectivity index (χ3v) is 5.19. The summed E-state index contributed by atoms with van der Waals surface area (Å²) in [5, 5.41) is 24.1. The van der Waals surface area contributed by atoms with Gasteiger partial charge < -0.3 is 35.5 Å². The summed E-state index contributed by atoms with van der Waals surface area (Å²) in [4.78, 5) is 10.7. The van der Waals surface area contributed by atoms with E-state index in [-0.39, 0.29) is 18.2 Å². The van der Waals surface area contributed by atoms with Gasteiger partial charge in [0, 0.05) is 49.7 Å². The maximum absolute atomic E-state index is 9.59. The highest BCUT2D eigenvalue weighted by Crippen LogP contribution is 2.31. The molecule has 2 aliphatic rings. The zero-order valence-corrected chi connectivity index (χ0v) is 16.6. The molecule has 4 rings (SSSR count). The van der Waals surface area contributed by atoms with Crippen molar-refractivity contribution in [2.45, 2.75) is 19.1 Å². The maximum Gasteiger partial charge on any atom is 0.320 e. The molecule has 0 saturated carbocycles. The first kappa shape index (κ1) is 19.6. The molecule has 0 radical (unpaired) electrons. The van der Waals surface area contributed by atoms with Gasteiger partial charge in [-0.25, -0.2) is 0 Å². The van der Waals surface area contributed by atoms with E-state index < -0.39 is 0 Å². The Morgan fingerprint density at radius 1 is 1.34 bits per heavy atom. The number of aryl methyl sites for hydroxylation is 1. The molecule has 0 bridgehead atoms. The maximum atomic E-state index is 9.59. The van der Waals surface area contributed by atoms with E-state index in [1.807, 2.05) is 30.0 Å². The number of anilines is 3. The first-order valence-corrected chi connectivity index (χ1v) is 9.68. The molecule has 2 fully saturated rings. The first-order valence-electron chi connectivity index (χ1n) is 9.68. The van der Waals surface area contributed by atoms with E-state index in [0.29, 0.717) is 31.3 Å². The first-order chi connectivity index (χ1) is 14.1. The van der Waals surface area contributed by atoms with E-state index in [9.17, 15) is 5.11 Å². The fraction of sp³-hybridized carbons (Fsp3) is 0.450. The lowest BCUT2D eigenvalue weighted by Crippen LogP contribution is -2.51. The number of aliphatic hydroxyl groups excluding tert-OH is 1. The minimum absolute atomic E-state index is 0.0258. The predicted molar refractivity (Wildman–Crippen MR) is 111 cm³/mol. The minimum atomic E-state index is -0.333.